The molecular weight excluding hydrogens is 424 g/mol. The van der Waals surface area contributed by atoms with Crippen molar-refractivity contribution >= 4 is 8.88 Å². The van der Waals surface area contributed by atoms with Crippen LogP contribution in [0.15, 0.2) is 0 Å². The van der Waals surface area contributed by atoms with E-state index in [1.165, 1.54) is 103 Å². The predicted octanol–water partition coefficient (Wildman–Crippen LogP) is 6.04. The number of hydrogen-bond acceptors (Lipinski definition) is 4. The minimum Gasteiger partial charge on any atom is -0.374 e. The molecule has 8 atom stereocenters. The van der Waals surface area contributed by atoms with Gasteiger partial charge in [0.25, 0.3) is 0 Å². The third-order valence-corrected chi connectivity index (χ3v) is 14.8. The van der Waals surface area contributed by atoms with Crippen LogP contribution in [0.5, 0.6) is 0 Å². The monoisotopic (exact) mass is 476 g/mol. The summed E-state index contributed by atoms with van der Waals surface area (Å²) in [4.78, 5) is 0. The fourth-order valence-corrected chi connectivity index (χ4v) is 12.8. The van der Waals surface area contributed by atoms with Gasteiger partial charge in [0.1, 0.15) is 0 Å². The summed E-state index contributed by atoms with van der Waals surface area (Å²) in [6.45, 7) is 9.64. The minimum absolute atomic E-state index is 0.846. The average molecular weight is 477 g/mol. The Morgan fingerprint density at radius 1 is 0.606 bits per heavy atom. The van der Waals surface area contributed by atoms with Gasteiger partial charge in [-0.1, -0.05) is 52.4 Å². The summed E-state index contributed by atoms with van der Waals surface area (Å²) in [5.41, 5.74) is 0. The largest absolute Gasteiger partial charge is 0.522 e. The first-order chi connectivity index (χ1) is 16.1. The Morgan fingerprint density at radius 2 is 1.03 bits per heavy atom. The zero-order chi connectivity index (χ0) is 23.0. The van der Waals surface area contributed by atoms with Gasteiger partial charge in [0.15, 0.2) is 0 Å². The van der Waals surface area contributed by atoms with E-state index < -0.39 is 8.88 Å². The van der Waals surface area contributed by atoms with Crippen LogP contribution in [0, 0.1) is 47.3 Å². The first-order valence-corrected chi connectivity index (χ1v) is 16.4. The maximum absolute atomic E-state index is 6.50. The lowest BCUT2D eigenvalue weighted by molar-refractivity contribution is -0.0114. The Bertz CT molecular complexity index is 607. The summed E-state index contributed by atoms with van der Waals surface area (Å²) in [7, 11) is 1.38. The Morgan fingerprint density at radius 3 is 1.55 bits per heavy atom. The van der Waals surface area contributed by atoms with Gasteiger partial charge in [-0.05, 0) is 99.0 Å². The van der Waals surface area contributed by atoms with E-state index >= 15 is 0 Å². The van der Waals surface area contributed by atoms with Crippen LogP contribution in [-0.4, -0.2) is 58.4 Å². The van der Waals surface area contributed by atoms with Gasteiger partial charge in [-0.15, -0.1) is 0 Å². The minimum atomic E-state index is -2.53. The number of nitrogens with zero attached hydrogens (tertiary/aromatic N) is 2. The molecule has 0 spiro atoms. The van der Waals surface area contributed by atoms with Gasteiger partial charge in [-0.2, -0.15) is 0 Å². The van der Waals surface area contributed by atoms with Crippen molar-refractivity contribution in [2.75, 3.05) is 40.4 Å². The molecule has 2 aliphatic heterocycles. The molecule has 2 saturated heterocycles. The van der Waals surface area contributed by atoms with Crippen LogP contribution in [0.4, 0.5) is 0 Å². The molecule has 0 aromatic heterocycles. The van der Waals surface area contributed by atoms with Crippen LogP contribution < -0.4 is 0 Å². The quantitative estimate of drug-likeness (QED) is 0.437. The van der Waals surface area contributed by atoms with Crippen LogP contribution >= 0.6 is 0 Å². The molecule has 3 aliphatic carbocycles. The summed E-state index contributed by atoms with van der Waals surface area (Å²) >= 11 is 0. The van der Waals surface area contributed by atoms with Crippen molar-refractivity contribution in [2.24, 2.45) is 47.3 Å². The molecule has 0 amide bonds. The SMILES string of the molecule is CCC1CC2CCN([Si](OC)(OC)N3CCC4CC5CCCCC5CC4C3)CC2CC1CC. The third kappa shape index (κ3) is 4.63. The van der Waals surface area contributed by atoms with E-state index in [1.807, 2.05) is 14.2 Å². The predicted molar refractivity (Wildman–Crippen MR) is 138 cm³/mol. The standard InChI is InChI=1S/C28H52N2O2Si/c1-5-21-15-25-11-13-29(19-27(25)16-22(21)6-2)33(31-3,32-4)30-14-12-26-17-23-9-7-8-10-24(23)18-28(26)20-30/h21-28H,5-20H2,1-4H3. The highest BCUT2D eigenvalue weighted by Crippen LogP contribution is 2.49. The fraction of sp³-hybridized carbons (Fsp3) is 1.00. The lowest BCUT2D eigenvalue weighted by Gasteiger charge is -2.55. The molecule has 5 rings (SSSR count). The van der Waals surface area contributed by atoms with E-state index in [2.05, 4.69) is 23.0 Å². The first kappa shape index (κ1) is 24.7. The van der Waals surface area contributed by atoms with Crippen LogP contribution in [0.1, 0.15) is 90.9 Å². The molecule has 5 aliphatic rings. The summed E-state index contributed by atoms with van der Waals surface area (Å²) < 4.78 is 18.5. The van der Waals surface area contributed by atoms with Gasteiger partial charge in [0.05, 0.1) is 0 Å². The fourth-order valence-electron chi connectivity index (χ4n) is 9.47. The number of hydrogen-bond donors (Lipinski definition) is 0. The van der Waals surface area contributed by atoms with Crippen LogP contribution in [0.2, 0.25) is 0 Å². The van der Waals surface area contributed by atoms with E-state index in [-0.39, 0.29) is 0 Å². The molecule has 0 radical (unpaired) electrons. The second-order valence-corrected chi connectivity index (χ2v) is 15.7. The molecule has 0 N–H and O–H groups in total. The second kappa shape index (κ2) is 10.6. The average Bonchev–Trinajstić information content (AvgIpc) is 2.87. The number of piperidine rings is 2. The first-order valence-electron chi connectivity index (χ1n) is 14.7. The van der Waals surface area contributed by atoms with Crippen molar-refractivity contribution in [1.82, 2.24) is 9.13 Å². The summed E-state index contributed by atoms with van der Waals surface area (Å²) in [5.74, 6) is 7.56. The zero-order valence-corrected chi connectivity index (χ0v) is 23.1. The Kier molecular flexibility index (Phi) is 7.93. The molecule has 190 valence electrons. The Labute approximate surface area is 205 Å². The Hall–Kier alpha value is 0.0569. The van der Waals surface area contributed by atoms with Crippen LogP contribution in [-0.2, 0) is 8.85 Å². The number of fused-ring (bicyclic) bond motifs is 3. The highest BCUT2D eigenvalue weighted by Gasteiger charge is 2.56. The lowest BCUT2D eigenvalue weighted by Crippen LogP contribution is -2.73. The van der Waals surface area contributed by atoms with Crippen LogP contribution in [0.3, 0.4) is 0 Å². The maximum Gasteiger partial charge on any atom is 0.522 e. The Balaban J connectivity index is 1.28. The number of rotatable bonds is 6. The molecule has 3 saturated carbocycles. The van der Waals surface area contributed by atoms with Gasteiger partial charge in [0, 0.05) is 27.3 Å². The molecule has 33 heavy (non-hydrogen) atoms. The molecule has 0 aromatic carbocycles. The van der Waals surface area contributed by atoms with E-state index in [0.29, 0.717) is 0 Å². The molecule has 5 heteroatoms. The highest BCUT2D eigenvalue weighted by molar-refractivity contribution is 6.61. The van der Waals surface area contributed by atoms with E-state index in [1.54, 1.807) is 0 Å². The summed E-state index contributed by atoms with van der Waals surface area (Å²) in [6.07, 6.45) is 17.3. The van der Waals surface area contributed by atoms with Crippen molar-refractivity contribution in [3.63, 3.8) is 0 Å². The third-order valence-electron chi connectivity index (χ3n) is 11.3. The summed E-state index contributed by atoms with van der Waals surface area (Å²) in [6, 6.07) is 0. The van der Waals surface area contributed by atoms with E-state index in [4.69, 9.17) is 8.85 Å². The van der Waals surface area contributed by atoms with Gasteiger partial charge in [-0.25, -0.2) is 0 Å². The molecule has 2 heterocycles. The van der Waals surface area contributed by atoms with Gasteiger partial charge < -0.3 is 8.85 Å². The molecule has 0 aromatic rings. The van der Waals surface area contributed by atoms with E-state index in [0.717, 1.165) is 47.3 Å². The van der Waals surface area contributed by atoms with Crippen molar-refractivity contribution in [3.05, 3.63) is 0 Å². The maximum atomic E-state index is 6.50. The molecule has 0 bridgehead atoms. The zero-order valence-electron chi connectivity index (χ0n) is 22.1. The van der Waals surface area contributed by atoms with E-state index in [9.17, 15) is 0 Å². The smallest absolute Gasteiger partial charge is 0.374 e. The highest BCUT2D eigenvalue weighted by atomic mass is 28.4. The molecule has 4 nitrogen and oxygen atoms in total. The van der Waals surface area contributed by atoms with Crippen molar-refractivity contribution in [2.45, 2.75) is 90.9 Å². The molecular formula is C28H52N2O2Si. The normalized spacial score (nSPS) is 42.9. The lowest BCUT2D eigenvalue weighted by atomic mass is 9.62. The topological polar surface area (TPSA) is 24.9 Å². The van der Waals surface area contributed by atoms with Crippen LogP contribution in [0.25, 0.3) is 0 Å². The van der Waals surface area contributed by atoms with Crippen molar-refractivity contribution in [3.8, 4) is 0 Å². The molecule has 5 fully saturated rings. The molecule has 8 unspecified atom stereocenters. The van der Waals surface area contributed by atoms with Gasteiger partial charge >= 0.3 is 8.88 Å². The summed E-state index contributed by atoms with van der Waals surface area (Å²) in [5, 5.41) is 0. The van der Waals surface area contributed by atoms with Crippen molar-refractivity contribution < 1.29 is 8.85 Å². The van der Waals surface area contributed by atoms with Gasteiger partial charge in [-0.3, -0.25) is 9.13 Å². The van der Waals surface area contributed by atoms with Crippen molar-refractivity contribution in [1.29, 1.82) is 0 Å². The second-order valence-electron chi connectivity index (χ2n) is 12.6. The van der Waals surface area contributed by atoms with Gasteiger partial charge in [0.2, 0.25) is 0 Å².